The van der Waals surface area contributed by atoms with Crippen LogP contribution >= 0.6 is 0 Å². The molecule has 0 saturated carbocycles. The van der Waals surface area contributed by atoms with E-state index in [0.29, 0.717) is 44.8 Å². The van der Waals surface area contributed by atoms with Gasteiger partial charge in [0.15, 0.2) is 0 Å². The van der Waals surface area contributed by atoms with E-state index in [0.717, 1.165) is 31.0 Å². The second-order valence-corrected chi connectivity index (χ2v) is 7.68. The Labute approximate surface area is 173 Å². The Morgan fingerprint density at radius 2 is 1.57 bits per heavy atom. The molecule has 2 fully saturated rings. The molecule has 1 amide bonds. The van der Waals surface area contributed by atoms with Crippen LogP contribution < -0.4 is 9.80 Å². The molecule has 9 heteroatoms. The minimum atomic E-state index is -4.38. The van der Waals surface area contributed by atoms with E-state index in [1.807, 2.05) is 21.9 Å². The Kier molecular flexibility index (Phi) is 5.78. The number of amides is 1. The molecule has 0 radical (unpaired) electrons. The van der Waals surface area contributed by atoms with Gasteiger partial charge in [0, 0.05) is 69.5 Å². The maximum atomic E-state index is 12.9. The maximum absolute atomic E-state index is 12.9. The molecule has 2 aromatic rings. The predicted molar refractivity (Wildman–Crippen MR) is 107 cm³/mol. The molecular formula is C21H24F3N5O. The van der Waals surface area contributed by atoms with Crippen molar-refractivity contribution in [2.75, 3.05) is 49.1 Å². The van der Waals surface area contributed by atoms with Gasteiger partial charge < -0.3 is 14.7 Å². The zero-order valence-electron chi connectivity index (χ0n) is 16.6. The third-order valence-electron chi connectivity index (χ3n) is 5.86. The molecule has 0 aromatic carbocycles. The number of pyridine rings is 2. The number of aromatic nitrogens is 2. The van der Waals surface area contributed by atoms with Crippen molar-refractivity contribution in [2.24, 2.45) is 5.92 Å². The van der Waals surface area contributed by atoms with E-state index in [2.05, 4.69) is 14.9 Å². The number of nitrogens with zero attached hydrogens (tertiary/aromatic N) is 5. The highest BCUT2D eigenvalue weighted by atomic mass is 19.4. The first-order valence-corrected chi connectivity index (χ1v) is 10.1. The Bertz CT molecular complexity index is 843. The molecule has 2 aromatic heterocycles. The summed E-state index contributed by atoms with van der Waals surface area (Å²) in [6, 6.07) is 6.41. The van der Waals surface area contributed by atoms with Crippen molar-refractivity contribution >= 4 is 17.4 Å². The van der Waals surface area contributed by atoms with Gasteiger partial charge in [-0.2, -0.15) is 13.2 Å². The molecule has 2 saturated heterocycles. The van der Waals surface area contributed by atoms with Crippen molar-refractivity contribution < 1.29 is 18.0 Å². The van der Waals surface area contributed by atoms with Crippen LogP contribution in [-0.2, 0) is 11.0 Å². The van der Waals surface area contributed by atoms with Gasteiger partial charge in [-0.05, 0) is 37.1 Å². The second-order valence-electron chi connectivity index (χ2n) is 7.68. The second kappa shape index (κ2) is 8.49. The highest BCUT2D eigenvalue weighted by molar-refractivity contribution is 5.79. The highest BCUT2D eigenvalue weighted by Gasteiger charge is 2.33. The van der Waals surface area contributed by atoms with Crippen LogP contribution in [0.15, 0.2) is 42.9 Å². The fourth-order valence-electron chi connectivity index (χ4n) is 4.09. The normalized spacial score (nSPS) is 18.6. The van der Waals surface area contributed by atoms with Crippen molar-refractivity contribution in [3.8, 4) is 0 Å². The summed E-state index contributed by atoms with van der Waals surface area (Å²) in [4.78, 5) is 27.1. The Morgan fingerprint density at radius 3 is 2.13 bits per heavy atom. The molecule has 0 aliphatic carbocycles. The van der Waals surface area contributed by atoms with Gasteiger partial charge in [0.05, 0.1) is 5.56 Å². The quantitative estimate of drug-likeness (QED) is 0.766. The van der Waals surface area contributed by atoms with Crippen LogP contribution in [0.25, 0.3) is 0 Å². The van der Waals surface area contributed by atoms with Crippen LogP contribution in [0.1, 0.15) is 18.4 Å². The fraction of sp³-hybridized carbons (Fsp3) is 0.476. The van der Waals surface area contributed by atoms with Crippen molar-refractivity contribution in [3.05, 3.63) is 48.4 Å². The van der Waals surface area contributed by atoms with Crippen molar-refractivity contribution in [1.82, 2.24) is 14.9 Å². The first-order chi connectivity index (χ1) is 14.4. The molecular weight excluding hydrogens is 395 g/mol. The van der Waals surface area contributed by atoms with Crippen LogP contribution in [0.4, 0.5) is 24.7 Å². The molecule has 2 aliphatic heterocycles. The van der Waals surface area contributed by atoms with Gasteiger partial charge in [0.25, 0.3) is 0 Å². The lowest BCUT2D eigenvalue weighted by atomic mass is 9.95. The molecule has 0 N–H and O–H groups in total. The van der Waals surface area contributed by atoms with E-state index in [-0.39, 0.29) is 11.8 Å². The van der Waals surface area contributed by atoms with Crippen LogP contribution in [0.2, 0.25) is 0 Å². The molecule has 0 unspecified atom stereocenters. The smallest absolute Gasteiger partial charge is 0.368 e. The summed E-state index contributed by atoms with van der Waals surface area (Å²) in [5, 5.41) is 0. The summed E-state index contributed by atoms with van der Waals surface area (Å²) < 4.78 is 38.1. The summed E-state index contributed by atoms with van der Waals surface area (Å²) >= 11 is 0. The third-order valence-corrected chi connectivity index (χ3v) is 5.86. The number of rotatable bonds is 3. The van der Waals surface area contributed by atoms with Crippen LogP contribution in [0.3, 0.4) is 0 Å². The monoisotopic (exact) mass is 419 g/mol. The number of hydrogen-bond donors (Lipinski definition) is 0. The molecule has 30 heavy (non-hydrogen) atoms. The third kappa shape index (κ3) is 4.49. The number of carbonyl (C=O) groups is 1. The lowest BCUT2D eigenvalue weighted by Crippen LogP contribution is -2.51. The summed E-state index contributed by atoms with van der Waals surface area (Å²) in [7, 11) is 0. The number of alkyl halides is 3. The SMILES string of the molecule is O=C(C1CCN(c2ccc(C(F)(F)F)cn2)CC1)N1CCN(c2ccncc2)CC1. The first kappa shape index (κ1) is 20.4. The first-order valence-electron chi connectivity index (χ1n) is 10.1. The van der Waals surface area contributed by atoms with Gasteiger partial charge in [-0.15, -0.1) is 0 Å². The molecule has 4 heterocycles. The van der Waals surface area contributed by atoms with Crippen molar-refractivity contribution in [1.29, 1.82) is 0 Å². The highest BCUT2D eigenvalue weighted by Crippen LogP contribution is 2.30. The van der Waals surface area contributed by atoms with E-state index in [4.69, 9.17) is 0 Å². The number of piperidine rings is 1. The number of piperazine rings is 1. The van der Waals surface area contributed by atoms with Gasteiger partial charge >= 0.3 is 6.18 Å². The van der Waals surface area contributed by atoms with E-state index in [1.165, 1.54) is 6.07 Å². The van der Waals surface area contributed by atoms with Crippen LogP contribution in [-0.4, -0.2) is 60.0 Å². The summed E-state index contributed by atoms with van der Waals surface area (Å²) in [6.45, 7) is 4.22. The Morgan fingerprint density at radius 1 is 0.900 bits per heavy atom. The topological polar surface area (TPSA) is 52.6 Å². The minimum Gasteiger partial charge on any atom is -0.368 e. The van der Waals surface area contributed by atoms with Gasteiger partial charge in [-0.1, -0.05) is 0 Å². The standard InChI is InChI=1S/C21H24F3N5O/c22-21(23,24)17-1-2-19(26-15-17)28-9-5-16(6-10-28)20(30)29-13-11-27(12-14-29)18-3-7-25-8-4-18/h1-4,7-8,15-16H,5-6,9-14H2. The summed E-state index contributed by atoms with van der Waals surface area (Å²) in [5.41, 5.74) is 0.372. The fourth-order valence-corrected chi connectivity index (χ4v) is 4.09. The molecule has 4 rings (SSSR count). The largest absolute Gasteiger partial charge is 0.417 e. The number of hydrogen-bond acceptors (Lipinski definition) is 5. The maximum Gasteiger partial charge on any atom is 0.417 e. The summed E-state index contributed by atoms with van der Waals surface area (Å²) in [6.07, 6.45) is 1.40. The van der Waals surface area contributed by atoms with Crippen LogP contribution in [0, 0.1) is 5.92 Å². The van der Waals surface area contributed by atoms with Gasteiger partial charge in [0.1, 0.15) is 5.82 Å². The van der Waals surface area contributed by atoms with Gasteiger partial charge in [-0.25, -0.2) is 4.98 Å². The van der Waals surface area contributed by atoms with E-state index in [1.54, 1.807) is 12.4 Å². The summed E-state index contributed by atoms with van der Waals surface area (Å²) in [5.74, 6) is 0.674. The molecule has 160 valence electrons. The number of halogens is 3. The van der Waals surface area contributed by atoms with Crippen molar-refractivity contribution in [2.45, 2.75) is 19.0 Å². The lowest BCUT2D eigenvalue weighted by Gasteiger charge is -2.39. The zero-order valence-corrected chi connectivity index (χ0v) is 16.6. The van der Waals surface area contributed by atoms with Gasteiger partial charge in [-0.3, -0.25) is 9.78 Å². The molecule has 0 bridgehead atoms. The molecule has 0 atom stereocenters. The molecule has 6 nitrogen and oxygen atoms in total. The molecule has 2 aliphatic rings. The average molecular weight is 419 g/mol. The van der Waals surface area contributed by atoms with E-state index < -0.39 is 11.7 Å². The van der Waals surface area contributed by atoms with Crippen LogP contribution in [0.5, 0.6) is 0 Å². The number of anilines is 2. The number of carbonyl (C=O) groups excluding carboxylic acids is 1. The average Bonchev–Trinajstić information content (AvgIpc) is 2.79. The zero-order chi connectivity index (χ0) is 21.1. The van der Waals surface area contributed by atoms with E-state index in [9.17, 15) is 18.0 Å². The Hall–Kier alpha value is -2.84. The van der Waals surface area contributed by atoms with Gasteiger partial charge in [0.2, 0.25) is 5.91 Å². The minimum absolute atomic E-state index is 0.0387. The van der Waals surface area contributed by atoms with Crippen molar-refractivity contribution in [3.63, 3.8) is 0 Å². The van der Waals surface area contributed by atoms with E-state index >= 15 is 0 Å². The lowest BCUT2D eigenvalue weighted by molar-refractivity contribution is -0.138. The predicted octanol–water partition coefficient (Wildman–Crippen LogP) is 3.06. The Balaban J connectivity index is 1.28. The molecule has 0 spiro atoms.